The maximum absolute atomic E-state index is 14.1. The third kappa shape index (κ3) is 4.32. The van der Waals surface area contributed by atoms with E-state index in [4.69, 9.17) is 0 Å². The highest BCUT2D eigenvalue weighted by Gasteiger charge is 2.39. The Bertz CT molecular complexity index is 627. The minimum atomic E-state index is -1.35. The maximum atomic E-state index is 14.1. The van der Waals surface area contributed by atoms with Crippen LogP contribution in [-0.2, 0) is 9.59 Å². The Balaban J connectivity index is 1.64. The molecule has 6 unspecified atom stereocenters. The summed E-state index contributed by atoms with van der Waals surface area (Å²) < 4.78 is 27.3. The molecule has 0 aromatic rings. The molecule has 0 aromatic heterocycles. The lowest BCUT2D eigenvalue weighted by Crippen LogP contribution is -2.58. The summed E-state index contributed by atoms with van der Waals surface area (Å²) in [6.07, 6.45) is -1.86. The Kier molecular flexibility index (Phi) is 6.15. The van der Waals surface area contributed by atoms with Gasteiger partial charge in [-0.2, -0.15) is 0 Å². The van der Waals surface area contributed by atoms with Crippen molar-refractivity contribution in [3.63, 3.8) is 0 Å². The second kappa shape index (κ2) is 8.22. The third-order valence-electron chi connectivity index (χ3n) is 6.17. The summed E-state index contributed by atoms with van der Waals surface area (Å²) in [4.78, 5) is 25.0. The molecule has 27 heavy (non-hydrogen) atoms. The van der Waals surface area contributed by atoms with Gasteiger partial charge in [-0.25, -0.2) is 8.78 Å². The molecule has 7 atom stereocenters. The lowest BCUT2D eigenvalue weighted by molar-refractivity contribution is -0.125. The first-order valence-electron chi connectivity index (χ1n) is 9.82. The van der Waals surface area contributed by atoms with Crippen LogP contribution in [0.4, 0.5) is 8.78 Å². The summed E-state index contributed by atoms with van der Waals surface area (Å²) in [5.74, 6) is -0.336. The fraction of sp³-hybridized carbons (Fsp3) is 0.789. The van der Waals surface area contributed by atoms with Gasteiger partial charge in [-0.15, -0.1) is 0 Å². The van der Waals surface area contributed by atoms with Gasteiger partial charge in [0.15, 0.2) is 0 Å². The first kappa shape index (κ1) is 20.2. The highest BCUT2D eigenvalue weighted by Crippen LogP contribution is 2.32. The number of carbonyl (C=O) groups excluding carboxylic acids is 2. The van der Waals surface area contributed by atoms with Gasteiger partial charge < -0.3 is 21.3 Å². The summed E-state index contributed by atoms with van der Waals surface area (Å²) in [6, 6.07) is -0.778. The topological polar surface area (TPSA) is 82.3 Å². The molecule has 3 aliphatic heterocycles. The van der Waals surface area contributed by atoms with Crippen molar-refractivity contribution in [3.05, 3.63) is 11.1 Å². The average molecular weight is 384 g/mol. The summed E-state index contributed by atoms with van der Waals surface area (Å²) >= 11 is 0. The summed E-state index contributed by atoms with van der Waals surface area (Å²) in [7, 11) is 0. The molecule has 0 bridgehead atoms. The van der Waals surface area contributed by atoms with E-state index < -0.39 is 24.4 Å². The molecule has 3 heterocycles. The molecule has 0 radical (unpaired) electrons. The van der Waals surface area contributed by atoms with Gasteiger partial charge in [0.1, 0.15) is 12.3 Å². The maximum Gasteiger partial charge on any atom is 0.247 e. The van der Waals surface area contributed by atoms with E-state index in [1.165, 1.54) is 0 Å². The SMILES string of the molecule is CC1=C(CC(=O)N[C@H](C)C2NCC(F)CC2F)C(=O)NC2CCNC(C)C12. The number of nitrogens with one attached hydrogen (secondary N) is 4. The summed E-state index contributed by atoms with van der Waals surface area (Å²) in [5.41, 5.74) is 1.44. The molecule has 2 saturated heterocycles. The Hall–Kier alpha value is -1.54. The Morgan fingerprint density at radius 2 is 2.07 bits per heavy atom. The fourth-order valence-electron chi connectivity index (χ4n) is 4.73. The number of alkyl halides is 2. The van der Waals surface area contributed by atoms with Crippen LogP contribution in [0.5, 0.6) is 0 Å². The molecule has 4 N–H and O–H groups in total. The van der Waals surface area contributed by atoms with Crippen LogP contribution in [0, 0.1) is 5.92 Å². The largest absolute Gasteiger partial charge is 0.352 e. The lowest BCUT2D eigenvalue weighted by Gasteiger charge is -2.42. The number of rotatable bonds is 4. The van der Waals surface area contributed by atoms with E-state index in [0.29, 0.717) is 5.57 Å². The number of carbonyl (C=O) groups is 2. The number of fused-ring (bicyclic) bond motifs is 1. The van der Waals surface area contributed by atoms with Gasteiger partial charge in [-0.3, -0.25) is 9.59 Å². The Morgan fingerprint density at radius 1 is 1.33 bits per heavy atom. The molecule has 2 amide bonds. The molecular weight excluding hydrogens is 354 g/mol. The van der Waals surface area contributed by atoms with Crippen molar-refractivity contribution < 1.29 is 18.4 Å². The fourth-order valence-corrected chi connectivity index (χ4v) is 4.73. The highest BCUT2D eigenvalue weighted by molar-refractivity contribution is 6.00. The van der Waals surface area contributed by atoms with E-state index >= 15 is 0 Å². The predicted octanol–water partition coefficient (Wildman–Crippen LogP) is 0.732. The molecule has 3 rings (SSSR count). The van der Waals surface area contributed by atoms with Crippen LogP contribution in [0.25, 0.3) is 0 Å². The molecule has 0 aliphatic carbocycles. The number of piperidine rings is 2. The van der Waals surface area contributed by atoms with Crippen molar-refractivity contribution >= 4 is 11.8 Å². The zero-order valence-corrected chi connectivity index (χ0v) is 16.1. The van der Waals surface area contributed by atoms with E-state index in [-0.39, 0.29) is 49.2 Å². The van der Waals surface area contributed by atoms with Crippen molar-refractivity contribution in [2.45, 2.75) is 76.5 Å². The summed E-state index contributed by atoms with van der Waals surface area (Å²) in [5, 5.41) is 12.0. The minimum absolute atomic E-state index is 0.0344. The zero-order chi connectivity index (χ0) is 19.7. The standard InChI is InChI=1S/C19H30F2N4O2/c1-9-13(19(27)25-15-4-5-22-10(2)17(9)15)7-16(26)24-11(3)18-14(21)6-12(20)8-23-18/h10-12,14-15,17-18,22-23H,4-8H2,1-3H3,(H,24,26)(H,25,27)/t10?,11-,12?,14?,15?,17?,18?/m1/s1. The monoisotopic (exact) mass is 384 g/mol. The third-order valence-corrected chi connectivity index (χ3v) is 6.17. The van der Waals surface area contributed by atoms with Gasteiger partial charge in [0.25, 0.3) is 0 Å². The van der Waals surface area contributed by atoms with Crippen LogP contribution >= 0.6 is 0 Å². The van der Waals surface area contributed by atoms with Crippen LogP contribution < -0.4 is 21.3 Å². The lowest BCUT2D eigenvalue weighted by atomic mass is 9.76. The van der Waals surface area contributed by atoms with Gasteiger partial charge in [0.2, 0.25) is 11.8 Å². The van der Waals surface area contributed by atoms with Crippen molar-refractivity contribution in [1.82, 2.24) is 21.3 Å². The van der Waals surface area contributed by atoms with Crippen molar-refractivity contribution in [3.8, 4) is 0 Å². The number of hydrogen-bond donors (Lipinski definition) is 4. The van der Waals surface area contributed by atoms with Gasteiger partial charge in [0, 0.05) is 42.6 Å². The van der Waals surface area contributed by atoms with Gasteiger partial charge in [-0.1, -0.05) is 5.57 Å². The first-order chi connectivity index (χ1) is 12.8. The zero-order valence-electron chi connectivity index (χ0n) is 16.1. The number of halogens is 2. The molecule has 2 fully saturated rings. The van der Waals surface area contributed by atoms with Crippen LogP contribution in [0.3, 0.4) is 0 Å². The highest BCUT2D eigenvalue weighted by atomic mass is 19.1. The first-order valence-corrected chi connectivity index (χ1v) is 9.82. The molecule has 8 heteroatoms. The van der Waals surface area contributed by atoms with Gasteiger partial charge in [0.05, 0.1) is 12.5 Å². The van der Waals surface area contributed by atoms with Gasteiger partial charge in [-0.05, 0) is 33.7 Å². The van der Waals surface area contributed by atoms with E-state index in [1.807, 2.05) is 6.92 Å². The van der Waals surface area contributed by atoms with Crippen LogP contribution in [0.1, 0.15) is 40.0 Å². The molecular formula is C19H30F2N4O2. The quantitative estimate of drug-likeness (QED) is 0.576. The Morgan fingerprint density at radius 3 is 2.78 bits per heavy atom. The molecule has 6 nitrogen and oxygen atoms in total. The second-order valence-corrected chi connectivity index (χ2v) is 8.11. The number of hydrogen-bond acceptors (Lipinski definition) is 4. The number of amides is 2. The smallest absolute Gasteiger partial charge is 0.247 e. The average Bonchev–Trinajstić information content (AvgIpc) is 2.58. The predicted molar refractivity (Wildman–Crippen MR) is 98.6 cm³/mol. The Labute approximate surface area is 158 Å². The van der Waals surface area contributed by atoms with E-state index in [0.717, 1.165) is 18.5 Å². The molecule has 3 aliphatic rings. The van der Waals surface area contributed by atoms with Crippen molar-refractivity contribution in [2.75, 3.05) is 13.1 Å². The van der Waals surface area contributed by atoms with E-state index in [1.54, 1.807) is 6.92 Å². The van der Waals surface area contributed by atoms with Crippen LogP contribution in [0.15, 0.2) is 11.1 Å². The molecule has 152 valence electrons. The molecule has 0 saturated carbocycles. The molecule has 0 aromatic carbocycles. The summed E-state index contributed by atoms with van der Waals surface area (Å²) in [6.45, 7) is 6.67. The molecule has 0 spiro atoms. The van der Waals surface area contributed by atoms with Gasteiger partial charge >= 0.3 is 0 Å². The van der Waals surface area contributed by atoms with Crippen LogP contribution in [0.2, 0.25) is 0 Å². The van der Waals surface area contributed by atoms with Crippen molar-refractivity contribution in [1.29, 1.82) is 0 Å². The van der Waals surface area contributed by atoms with E-state index in [9.17, 15) is 18.4 Å². The minimum Gasteiger partial charge on any atom is -0.352 e. The second-order valence-electron chi connectivity index (χ2n) is 8.11. The van der Waals surface area contributed by atoms with Crippen molar-refractivity contribution in [2.24, 2.45) is 5.92 Å². The van der Waals surface area contributed by atoms with E-state index in [2.05, 4.69) is 28.2 Å². The normalized spacial score (nSPS) is 38.0. The van der Waals surface area contributed by atoms with Crippen LogP contribution in [-0.4, -0.2) is 61.4 Å².